The molecule has 5 aliphatic rings. The maximum Gasteiger partial charge on any atom is 0.254 e. The minimum atomic E-state index is -0.619. The molecule has 10 nitrogen and oxygen atoms in total. The van der Waals surface area contributed by atoms with Gasteiger partial charge in [0, 0.05) is 37.5 Å². The van der Waals surface area contributed by atoms with Crippen molar-refractivity contribution in [3.05, 3.63) is 47.4 Å². The summed E-state index contributed by atoms with van der Waals surface area (Å²) in [6, 6.07) is 8.18. The van der Waals surface area contributed by atoms with E-state index in [2.05, 4.69) is 21.4 Å². The second kappa shape index (κ2) is 7.97. The Bertz CT molecular complexity index is 1450. The van der Waals surface area contributed by atoms with E-state index in [1.807, 2.05) is 49.1 Å². The van der Waals surface area contributed by atoms with Crippen molar-refractivity contribution in [2.45, 2.75) is 63.1 Å². The number of carbonyl (C=O) groups excluding carboxylic acids is 1. The Morgan fingerprint density at radius 3 is 2.97 bits per heavy atom. The molecule has 10 heteroatoms. The Labute approximate surface area is 214 Å². The highest BCUT2D eigenvalue weighted by atomic mass is 16.5. The van der Waals surface area contributed by atoms with Gasteiger partial charge in [0.15, 0.2) is 6.10 Å². The van der Waals surface area contributed by atoms with Crippen molar-refractivity contribution < 1.29 is 19.0 Å². The fourth-order valence-corrected chi connectivity index (χ4v) is 6.44. The minimum absolute atomic E-state index is 0.0624. The maximum absolute atomic E-state index is 13.2. The second-order valence-electron chi connectivity index (χ2n) is 11.1. The number of amides is 1. The average molecular weight is 501 g/mol. The fourth-order valence-electron chi connectivity index (χ4n) is 6.44. The number of rotatable bonds is 5. The van der Waals surface area contributed by atoms with Crippen LogP contribution in [0.3, 0.4) is 0 Å². The Morgan fingerprint density at radius 2 is 2.16 bits per heavy atom. The molecule has 4 fully saturated rings. The SMILES string of the molecule is CC(Oc1ccc2ncc3c(c2c1)CCOC3)c1cn(C23CC(C)(C2)OC3C(=O)N2CC(C#N)C2)nn1. The largest absolute Gasteiger partial charge is 0.484 e. The second-order valence-corrected chi connectivity index (χ2v) is 11.1. The summed E-state index contributed by atoms with van der Waals surface area (Å²) in [6.07, 6.45) is 5.10. The Hall–Kier alpha value is -3.55. The molecule has 1 aromatic carbocycles. The van der Waals surface area contributed by atoms with Crippen LogP contribution in [-0.4, -0.2) is 62.2 Å². The molecule has 0 N–H and O–H groups in total. The van der Waals surface area contributed by atoms with Gasteiger partial charge in [0.2, 0.25) is 0 Å². The van der Waals surface area contributed by atoms with Crippen molar-refractivity contribution in [2.75, 3.05) is 19.7 Å². The van der Waals surface area contributed by atoms with E-state index in [9.17, 15) is 4.79 Å². The van der Waals surface area contributed by atoms with E-state index in [0.717, 1.165) is 28.6 Å². The molecule has 4 aliphatic heterocycles. The third-order valence-corrected chi connectivity index (χ3v) is 8.34. The predicted octanol–water partition coefficient (Wildman–Crippen LogP) is 2.67. The first-order valence-electron chi connectivity index (χ1n) is 12.8. The van der Waals surface area contributed by atoms with Gasteiger partial charge in [0.25, 0.3) is 5.91 Å². The first-order chi connectivity index (χ1) is 17.9. The Morgan fingerprint density at radius 1 is 1.32 bits per heavy atom. The Kier molecular flexibility index (Phi) is 4.88. The summed E-state index contributed by atoms with van der Waals surface area (Å²) >= 11 is 0. The van der Waals surface area contributed by atoms with Crippen LogP contribution in [0.25, 0.3) is 10.9 Å². The monoisotopic (exact) mass is 500 g/mol. The standard InChI is InChI=1S/C27H28N6O4/c1-16(36-19-3-4-22-21(7-19)20-5-6-35-13-18(20)9-29-22)23-12-33(31-30-23)27-14-26(2,15-27)37-24(27)25(34)32-10-17(8-28)11-32/h3-4,7,9,12,16-17,24H,5-6,10-11,13-15H2,1-2H3. The number of aromatic nitrogens is 4. The first kappa shape index (κ1) is 22.6. The predicted molar refractivity (Wildman–Crippen MR) is 130 cm³/mol. The van der Waals surface area contributed by atoms with E-state index < -0.39 is 11.6 Å². The fraction of sp³-hybridized carbons (Fsp3) is 0.519. The molecule has 190 valence electrons. The van der Waals surface area contributed by atoms with Crippen LogP contribution in [0, 0.1) is 17.2 Å². The summed E-state index contributed by atoms with van der Waals surface area (Å²) in [5.74, 6) is 0.591. The molecule has 0 radical (unpaired) electrons. The minimum Gasteiger partial charge on any atom is -0.484 e. The number of nitriles is 1. The number of hydrogen-bond acceptors (Lipinski definition) is 8. The summed E-state index contributed by atoms with van der Waals surface area (Å²) in [5, 5.41) is 19.0. The van der Waals surface area contributed by atoms with Gasteiger partial charge in [-0.2, -0.15) is 5.26 Å². The van der Waals surface area contributed by atoms with Crippen LogP contribution in [0.1, 0.15) is 49.6 Å². The van der Waals surface area contributed by atoms with Crippen LogP contribution in [0.4, 0.5) is 0 Å². The number of benzene rings is 1. The molecular weight excluding hydrogens is 472 g/mol. The van der Waals surface area contributed by atoms with E-state index in [1.165, 1.54) is 5.56 Å². The van der Waals surface area contributed by atoms with E-state index in [4.69, 9.17) is 19.5 Å². The zero-order valence-corrected chi connectivity index (χ0v) is 20.9. The zero-order valence-electron chi connectivity index (χ0n) is 20.9. The molecule has 37 heavy (non-hydrogen) atoms. The van der Waals surface area contributed by atoms with Crippen molar-refractivity contribution in [3.63, 3.8) is 0 Å². The van der Waals surface area contributed by atoms with Gasteiger partial charge in [-0.25, -0.2) is 4.68 Å². The van der Waals surface area contributed by atoms with Crippen LogP contribution >= 0.6 is 0 Å². The zero-order chi connectivity index (χ0) is 25.4. The molecule has 6 heterocycles. The molecule has 1 aliphatic carbocycles. The smallest absolute Gasteiger partial charge is 0.254 e. The number of fused-ring (bicyclic) bond motifs is 4. The van der Waals surface area contributed by atoms with Crippen molar-refractivity contribution in [3.8, 4) is 11.8 Å². The third kappa shape index (κ3) is 3.45. The molecule has 1 saturated carbocycles. The van der Waals surface area contributed by atoms with Crippen LogP contribution in [-0.2, 0) is 32.8 Å². The van der Waals surface area contributed by atoms with Crippen LogP contribution in [0.15, 0.2) is 30.6 Å². The number of hydrogen-bond donors (Lipinski definition) is 0. The number of likely N-dealkylation sites (tertiary alicyclic amines) is 1. The van der Waals surface area contributed by atoms with Crippen LogP contribution < -0.4 is 4.74 Å². The lowest BCUT2D eigenvalue weighted by Crippen LogP contribution is -2.59. The lowest BCUT2D eigenvalue weighted by Gasteiger charge is -2.44. The van der Waals surface area contributed by atoms with Gasteiger partial charge in [0.1, 0.15) is 23.1 Å². The van der Waals surface area contributed by atoms with Gasteiger partial charge in [-0.15, -0.1) is 5.10 Å². The molecule has 8 rings (SSSR count). The summed E-state index contributed by atoms with van der Waals surface area (Å²) in [5.41, 5.74) is 3.15. The van der Waals surface area contributed by atoms with Crippen molar-refractivity contribution in [1.82, 2.24) is 24.9 Å². The van der Waals surface area contributed by atoms with Crippen LogP contribution in [0.5, 0.6) is 5.75 Å². The lowest BCUT2D eigenvalue weighted by atomic mass is 9.66. The van der Waals surface area contributed by atoms with E-state index in [-0.39, 0.29) is 23.5 Å². The van der Waals surface area contributed by atoms with Gasteiger partial charge in [0.05, 0.1) is 42.5 Å². The molecule has 3 saturated heterocycles. The van der Waals surface area contributed by atoms with Gasteiger partial charge in [-0.1, -0.05) is 5.21 Å². The summed E-state index contributed by atoms with van der Waals surface area (Å²) < 4.78 is 19.9. The first-order valence-corrected chi connectivity index (χ1v) is 12.8. The third-order valence-electron chi connectivity index (χ3n) is 8.34. The van der Waals surface area contributed by atoms with E-state index in [0.29, 0.717) is 44.8 Å². The highest BCUT2D eigenvalue weighted by Gasteiger charge is 2.70. The summed E-state index contributed by atoms with van der Waals surface area (Å²) in [7, 11) is 0. The highest BCUT2D eigenvalue weighted by molar-refractivity contribution is 5.85. The van der Waals surface area contributed by atoms with Crippen molar-refractivity contribution in [2.24, 2.45) is 5.92 Å². The van der Waals surface area contributed by atoms with E-state index in [1.54, 1.807) is 4.90 Å². The van der Waals surface area contributed by atoms with Crippen molar-refractivity contribution >= 4 is 16.8 Å². The molecule has 0 spiro atoms. The van der Waals surface area contributed by atoms with Gasteiger partial charge >= 0.3 is 0 Å². The molecular formula is C27H28N6O4. The number of ether oxygens (including phenoxy) is 3. The summed E-state index contributed by atoms with van der Waals surface area (Å²) in [6.45, 7) is 6.22. The lowest BCUT2D eigenvalue weighted by molar-refractivity contribution is -0.149. The Balaban J connectivity index is 1.11. The molecule has 1 amide bonds. The molecule has 2 atom stereocenters. The number of nitrogens with zero attached hydrogens (tertiary/aromatic N) is 6. The quantitative estimate of drug-likeness (QED) is 0.525. The average Bonchev–Trinajstić information content (AvgIpc) is 3.54. The maximum atomic E-state index is 13.2. The molecule has 2 aromatic heterocycles. The topological polar surface area (TPSA) is 115 Å². The molecule has 2 bridgehead atoms. The van der Waals surface area contributed by atoms with E-state index >= 15 is 0 Å². The molecule has 3 aromatic rings. The van der Waals surface area contributed by atoms with Gasteiger partial charge in [-0.05, 0) is 49.6 Å². The van der Waals surface area contributed by atoms with Gasteiger partial charge < -0.3 is 19.1 Å². The number of carbonyl (C=O) groups is 1. The number of pyridine rings is 1. The van der Waals surface area contributed by atoms with Crippen LogP contribution in [0.2, 0.25) is 0 Å². The van der Waals surface area contributed by atoms with Gasteiger partial charge in [-0.3, -0.25) is 9.78 Å². The van der Waals surface area contributed by atoms with Crippen molar-refractivity contribution in [1.29, 1.82) is 5.26 Å². The molecule has 2 unspecified atom stereocenters. The highest BCUT2D eigenvalue weighted by Crippen LogP contribution is 2.60. The summed E-state index contributed by atoms with van der Waals surface area (Å²) in [4.78, 5) is 19.5. The normalized spacial score (nSPS) is 29.2.